The van der Waals surface area contributed by atoms with Crippen molar-refractivity contribution in [1.82, 2.24) is 20.0 Å². The standard InChI is InChI=1S/C11H16N6/c1-16(2)11-4-5-12-8-10(11)13-6-9-7-14-15-17(9)3/h4-5,7-8,13H,6H2,1-3H3. The van der Waals surface area contributed by atoms with Gasteiger partial charge in [-0.3, -0.25) is 9.67 Å². The highest BCUT2D eigenvalue weighted by Crippen LogP contribution is 2.22. The Labute approximate surface area is 100 Å². The van der Waals surface area contributed by atoms with Gasteiger partial charge in [-0.15, -0.1) is 5.10 Å². The van der Waals surface area contributed by atoms with E-state index in [1.54, 1.807) is 17.1 Å². The second-order valence-electron chi connectivity index (χ2n) is 3.99. The zero-order valence-electron chi connectivity index (χ0n) is 10.3. The van der Waals surface area contributed by atoms with Gasteiger partial charge < -0.3 is 10.2 Å². The average molecular weight is 232 g/mol. The molecular formula is C11H16N6. The monoisotopic (exact) mass is 232 g/mol. The van der Waals surface area contributed by atoms with E-state index in [2.05, 4.69) is 20.6 Å². The van der Waals surface area contributed by atoms with Gasteiger partial charge in [0, 0.05) is 27.3 Å². The molecule has 0 saturated carbocycles. The van der Waals surface area contributed by atoms with Gasteiger partial charge in [0.15, 0.2) is 0 Å². The maximum atomic E-state index is 4.12. The summed E-state index contributed by atoms with van der Waals surface area (Å²) < 4.78 is 1.75. The number of anilines is 2. The van der Waals surface area contributed by atoms with Crippen LogP contribution in [0.4, 0.5) is 11.4 Å². The minimum atomic E-state index is 0.677. The lowest BCUT2D eigenvalue weighted by Gasteiger charge is -2.17. The van der Waals surface area contributed by atoms with Crippen LogP contribution in [0.25, 0.3) is 0 Å². The first-order valence-electron chi connectivity index (χ1n) is 5.37. The zero-order chi connectivity index (χ0) is 12.3. The first-order valence-corrected chi connectivity index (χ1v) is 5.37. The summed E-state index contributed by atoms with van der Waals surface area (Å²) in [6, 6.07) is 1.98. The average Bonchev–Trinajstić information content (AvgIpc) is 2.72. The summed E-state index contributed by atoms with van der Waals surface area (Å²) in [5, 5.41) is 11.1. The topological polar surface area (TPSA) is 58.9 Å². The maximum Gasteiger partial charge on any atom is 0.0774 e. The third kappa shape index (κ3) is 2.52. The molecule has 2 aromatic rings. The molecule has 1 N–H and O–H groups in total. The lowest BCUT2D eigenvalue weighted by Crippen LogP contribution is -2.13. The van der Waals surface area contributed by atoms with Gasteiger partial charge in [0.1, 0.15) is 0 Å². The summed E-state index contributed by atoms with van der Waals surface area (Å²) in [7, 11) is 5.89. The molecule has 0 aliphatic heterocycles. The van der Waals surface area contributed by atoms with Crippen molar-refractivity contribution >= 4 is 11.4 Å². The molecule has 2 aromatic heterocycles. The number of aromatic nitrogens is 4. The van der Waals surface area contributed by atoms with Gasteiger partial charge in [0.2, 0.25) is 0 Å². The fourth-order valence-corrected chi connectivity index (χ4v) is 1.57. The van der Waals surface area contributed by atoms with E-state index in [0.717, 1.165) is 17.1 Å². The van der Waals surface area contributed by atoms with Crippen LogP contribution in [0.5, 0.6) is 0 Å². The normalized spacial score (nSPS) is 10.3. The number of pyridine rings is 1. The van der Waals surface area contributed by atoms with Crippen LogP contribution < -0.4 is 10.2 Å². The van der Waals surface area contributed by atoms with Crippen LogP contribution in [-0.4, -0.2) is 34.1 Å². The fourth-order valence-electron chi connectivity index (χ4n) is 1.57. The first kappa shape index (κ1) is 11.4. The van der Waals surface area contributed by atoms with E-state index in [9.17, 15) is 0 Å². The molecule has 2 heterocycles. The van der Waals surface area contributed by atoms with Crippen LogP contribution in [-0.2, 0) is 13.6 Å². The molecule has 0 saturated heterocycles. The summed E-state index contributed by atoms with van der Waals surface area (Å²) in [6.45, 7) is 0.677. The molecule has 6 nitrogen and oxygen atoms in total. The van der Waals surface area contributed by atoms with Gasteiger partial charge in [-0.2, -0.15) is 0 Å². The number of hydrogen-bond donors (Lipinski definition) is 1. The Balaban J connectivity index is 2.11. The Bertz CT molecular complexity index is 490. The smallest absolute Gasteiger partial charge is 0.0774 e. The van der Waals surface area contributed by atoms with E-state index in [1.165, 1.54) is 0 Å². The van der Waals surface area contributed by atoms with E-state index in [-0.39, 0.29) is 0 Å². The minimum Gasteiger partial charge on any atom is -0.376 e. The van der Waals surface area contributed by atoms with Gasteiger partial charge in [-0.25, -0.2) is 0 Å². The second kappa shape index (κ2) is 4.82. The number of aryl methyl sites for hydroxylation is 1. The summed E-state index contributed by atoms with van der Waals surface area (Å²) in [5.41, 5.74) is 3.13. The molecule has 0 amide bonds. The van der Waals surface area contributed by atoms with Crippen molar-refractivity contribution in [3.05, 3.63) is 30.4 Å². The molecule has 0 aromatic carbocycles. The molecule has 0 spiro atoms. The predicted octanol–water partition coefficient (Wildman–Crippen LogP) is 0.888. The molecule has 0 unspecified atom stereocenters. The van der Waals surface area contributed by atoms with Crippen molar-refractivity contribution < 1.29 is 0 Å². The van der Waals surface area contributed by atoms with E-state index < -0.39 is 0 Å². The van der Waals surface area contributed by atoms with Crippen LogP contribution >= 0.6 is 0 Å². The van der Waals surface area contributed by atoms with Crippen LogP contribution in [0.1, 0.15) is 5.69 Å². The Morgan fingerprint density at radius 2 is 2.18 bits per heavy atom. The van der Waals surface area contributed by atoms with Crippen molar-refractivity contribution in [1.29, 1.82) is 0 Å². The highest BCUT2D eigenvalue weighted by molar-refractivity contribution is 5.67. The molecule has 6 heteroatoms. The molecule has 0 aliphatic carbocycles. The lowest BCUT2D eigenvalue weighted by atomic mass is 10.3. The molecule has 0 atom stereocenters. The Morgan fingerprint density at radius 1 is 1.35 bits per heavy atom. The highest BCUT2D eigenvalue weighted by Gasteiger charge is 2.05. The van der Waals surface area contributed by atoms with Gasteiger partial charge in [-0.1, -0.05) is 5.21 Å². The summed E-state index contributed by atoms with van der Waals surface area (Å²) in [6.07, 6.45) is 5.35. The number of rotatable bonds is 4. The predicted molar refractivity (Wildman–Crippen MR) is 66.9 cm³/mol. The minimum absolute atomic E-state index is 0.677. The molecule has 0 aliphatic rings. The van der Waals surface area contributed by atoms with E-state index in [4.69, 9.17) is 0 Å². The summed E-state index contributed by atoms with van der Waals surface area (Å²) in [5.74, 6) is 0. The van der Waals surface area contributed by atoms with Gasteiger partial charge in [-0.05, 0) is 6.07 Å². The second-order valence-corrected chi connectivity index (χ2v) is 3.99. The van der Waals surface area contributed by atoms with Crippen LogP contribution in [0.3, 0.4) is 0 Å². The van der Waals surface area contributed by atoms with E-state index >= 15 is 0 Å². The third-order valence-electron chi connectivity index (χ3n) is 2.55. The van der Waals surface area contributed by atoms with E-state index in [1.807, 2.05) is 38.3 Å². The maximum absolute atomic E-state index is 4.12. The Kier molecular flexibility index (Phi) is 3.22. The molecule has 0 fully saturated rings. The summed E-state index contributed by atoms with van der Waals surface area (Å²) in [4.78, 5) is 6.17. The molecule has 0 bridgehead atoms. The SMILES string of the molecule is CN(C)c1ccncc1NCc1cnnn1C. The van der Waals surface area contributed by atoms with Gasteiger partial charge in [0.25, 0.3) is 0 Å². The van der Waals surface area contributed by atoms with Gasteiger partial charge >= 0.3 is 0 Å². The summed E-state index contributed by atoms with van der Waals surface area (Å²) >= 11 is 0. The van der Waals surface area contributed by atoms with E-state index in [0.29, 0.717) is 6.54 Å². The van der Waals surface area contributed by atoms with Crippen LogP contribution in [0.15, 0.2) is 24.7 Å². The first-order chi connectivity index (χ1) is 8.18. The van der Waals surface area contributed by atoms with Gasteiger partial charge in [0.05, 0.1) is 36.0 Å². The van der Waals surface area contributed by atoms with Crippen LogP contribution in [0, 0.1) is 0 Å². The van der Waals surface area contributed by atoms with Crippen molar-refractivity contribution in [2.24, 2.45) is 7.05 Å². The number of nitrogens with zero attached hydrogens (tertiary/aromatic N) is 5. The lowest BCUT2D eigenvalue weighted by molar-refractivity contribution is 0.683. The third-order valence-corrected chi connectivity index (χ3v) is 2.55. The fraction of sp³-hybridized carbons (Fsp3) is 0.364. The molecule has 0 radical (unpaired) electrons. The van der Waals surface area contributed by atoms with Crippen LogP contribution in [0.2, 0.25) is 0 Å². The molecule has 2 rings (SSSR count). The largest absolute Gasteiger partial charge is 0.376 e. The number of nitrogens with one attached hydrogen (secondary N) is 1. The quantitative estimate of drug-likeness (QED) is 0.848. The van der Waals surface area contributed by atoms with Crippen molar-refractivity contribution in [2.75, 3.05) is 24.3 Å². The van der Waals surface area contributed by atoms with Crippen molar-refractivity contribution in [3.63, 3.8) is 0 Å². The zero-order valence-corrected chi connectivity index (χ0v) is 10.3. The number of hydrogen-bond acceptors (Lipinski definition) is 5. The van der Waals surface area contributed by atoms with Crippen molar-refractivity contribution in [2.45, 2.75) is 6.54 Å². The Hall–Kier alpha value is -2.11. The molecule has 17 heavy (non-hydrogen) atoms. The molecule has 90 valence electrons. The highest BCUT2D eigenvalue weighted by atomic mass is 15.4. The molecular weight excluding hydrogens is 216 g/mol. The Morgan fingerprint density at radius 3 is 2.82 bits per heavy atom. The van der Waals surface area contributed by atoms with Crippen molar-refractivity contribution in [3.8, 4) is 0 Å².